The molecule has 0 amide bonds. The van der Waals surface area contributed by atoms with E-state index in [0.29, 0.717) is 18.0 Å². The zero-order valence-electron chi connectivity index (χ0n) is 8.78. The SMILES string of the molecule is CCN(CCCC(=O)OC)CC(N)=S. The molecule has 0 aliphatic heterocycles. The van der Waals surface area contributed by atoms with Crippen molar-refractivity contribution in [3.8, 4) is 0 Å². The van der Waals surface area contributed by atoms with Crippen LogP contribution in [-0.2, 0) is 9.53 Å². The van der Waals surface area contributed by atoms with E-state index in [4.69, 9.17) is 18.0 Å². The molecule has 0 rings (SSSR count). The van der Waals surface area contributed by atoms with Crippen molar-refractivity contribution in [2.24, 2.45) is 5.73 Å². The lowest BCUT2D eigenvalue weighted by Gasteiger charge is -2.18. The van der Waals surface area contributed by atoms with Gasteiger partial charge in [-0.2, -0.15) is 0 Å². The van der Waals surface area contributed by atoms with Crippen molar-refractivity contribution in [1.82, 2.24) is 4.90 Å². The maximum atomic E-state index is 10.8. The zero-order chi connectivity index (χ0) is 11.0. The first-order valence-electron chi connectivity index (χ1n) is 4.67. The third-order valence-electron chi connectivity index (χ3n) is 1.91. The smallest absolute Gasteiger partial charge is 0.305 e. The molecule has 0 aliphatic carbocycles. The van der Waals surface area contributed by atoms with Crippen molar-refractivity contribution < 1.29 is 9.53 Å². The summed E-state index contributed by atoms with van der Waals surface area (Å²) in [4.78, 5) is 13.4. The molecule has 0 heterocycles. The number of nitrogens with two attached hydrogens (primary N) is 1. The third-order valence-corrected chi connectivity index (χ3v) is 2.04. The summed E-state index contributed by atoms with van der Waals surface area (Å²) in [7, 11) is 1.40. The lowest BCUT2D eigenvalue weighted by Crippen LogP contribution is -2.33. The number of methoxy groups -OCH3 is 1. The minimum absolute atomic E-state index is 0.170. The van der Waals surface area contributed by atoms with E-state index >= 15 is 0 Å². The third kappa shape index (κ3) is 6.80. The summed E-state index contributed by atoms with van der Waals surface area (Å²) < 4.78 is 4.54. The van der Waals surface area contributed by atoms with Crippen LogP contribution in [0.2, 0.25) is 0 Å². The summed E-state index contributed by atoms with van der Waals surface area (Å²) >= 11 is 4.81. The Morgan fingerprint density at radius 3 is 2.64 bits per heavy atom. The van der Waals surface area contributed by atoms with Crippen LogP contribution in [0.25, 0.3) is 0 Å². The van der Waals surface area contributed by atoms with E-state index in [1.54, 1.807) is 0 Å². The molecular formula is C9H18N2O2S. The van der Waals surface area contributed by atoms with Gasteiger partial charge in [-0.15, -0.1) is 0 Å². The molecule has 0 aliphatic rings. The van der Waals surface area contributed by atoms with Gasteiger partial charge in [0.25, 0.3) is 0 Å². The second-order valence-electron chi connectivity index (χ2n) is 3.01. The second-order valence-corrected chi connectivity index (χ2v) is 3.54. The normalized spacial score (nSPS) is 10.2. The van der Waals surface area contributed by atoms with E-state index in [1.165, 1.54) is 7.11 Å². The largest absolute Gasteiger partial charge is 0.469 e. The van der Waals surface area contributed by atoms with Crippen LogP contribution in [0.15, 0.2) is 0 Å². The Hall–Kier alpha value is -0.680. The molecule has 5 heteroatoms. The maximum absolute atomic E-state index is 10.8. The quantitative estimate of drug-likeness (QED) is 0.499. The van der Waals surface area contributed by atoms with Gasteiger partial charge in [0.1, 0.15) is 0 Å². The van der Waals surface area contributed by atoms with Crippen LogP contribution < -0.4 is 5.73 Å². The van der Waals surface area contributed by atoms with Crippen molar-refractivity contribution >= 4 is 23.2 Å². The van der Waals surface area contributed by atoms with Gasteiger partial charge in [-0.3, -0.25) is 9.69 Å². The molecule has 0 fully saturated rings. The molecule has 0 aromatic rings. The fourth-order valence-electron chi connectivity index (χ4n) is 1.12. The molecule has 0 aromatic carbocycles. The Morgan fingerprint density at radius 2 is 2.21 bits per heavy atom. The number of carbonyl (C=O) groups excluding carboxylic acids is 1. The molecule has 0 aromatic heterocycles. The second kappa shape index (κ2) is 7.70. The summed E-state index contributed by atoms with van der Waals surface area (Å²) in [5.41, 5.74) is 5.42. The number of nitrogens with zero attached hydrogens (tertiary/aromatic N) is 1. The molecule has 82 valence electrons. The van der Waals surface area contributed by atoms with E-state index in [9.17, 15) is 4.79 Å². The van der Waals surface area contributed by atoms with Crippen LogP contribution in [0.4, 0.5) is 0 Å². The number of ether oxygens (including phenoxy) is 1. The Labute approximate surface area is 90.4 Å². The minimum atomic E-state index is -0.170. The molecule has 4 nitrogen and oxygen atoms in total. The number of thiocarbonyl (C=S) groups is 1. The van der Waals surface area contributed by atoms with Crippen LogP contribution in [0.5, 0.6) is 0 Å². The van der Waals surface area contributed by atoms with Gasteiger partial charge in [0.05, 0.1) is 12.1 Å². The number of carbonyl (C=O) groups is 1. The highest BCUT2D eigenvalue weighted by molar-refractivity contribution is 7.80. The van der Waals surface area contributed by atoms with E-state index < -0.39 is 0 Å². The molecule has 0 unspecified atom stereocenters. The van der Waals surface area contributed by atoms with E-state index in [2.05, 4.69) is 9.64 Å². The van der Waals surface area contributed by atoms with Crippen molar-refractivity contribution in [2.45, 2.75) is 19.8 Å². The molecule has 0 atom stereocenters. The predicted octanol–water partition coefficient (Wildman–Crippen LogP) is 0.548. The van der Waals surface area contributed by atoms with Crippen LogP contribution in [0.3, 0.4) is 0 Å². The topological polar surface area (TPSA) is 55.6 Å². The van der Waals surface area contributed by atoms with E-state index in [-0.39, 0.29) is 5.97 Å². The highest BCUT2D eigenvalue weighted by Crippen LogP contribution is 1.96. The van der Waals surface area contributed by atoms with Crippen LogP contribution in [-0.4, -0.2) is 42.6 Å². The van der Waals surface area contributed by atoms with Crippen molar-refractivity contribution in [3.05, 3.63) is 0 Å². The minimum Gasteiger partial charge on any atom is -0.469 e. The first kappa shape index (κ1) is 13.3. The monoisotopic (exact) mass is 218 g/mol. The van der Waals surface area contributed by atoms with Crippen molar-refractivity contribution in [2.75, 3.05) is 26.7 Å². The molecule has 2 N–H and O–H groups in total. The first-order chi connectivity index (χ1) is 6.60. The average Bonchev–Trinajstić information content (AvgIpc) is 2.15. The Bertz CT molecular complexity index is 197. The highest BCUT2D eigenvalue weighted by atomic mass is 32.1. The summed E-state index contributed by atoms with van der Waals surface area (Å²) in [5.74, 6) is -0.170. The Kier molecular flexibility index (Phi) is 7.32. The first-order valence-corrected chi connectivity index (χ1v) is 5.08. The Morgan fingerprint density at radius 1 is 1.57 bits per heavy atom. The summed E-state index contributed by atoms with van der Waals surface area (Å²) in [6, 6.07) is 0. The number of rotatable bonds is 7. The Balaban J connectivity index is 3.62. The van der Waals surface area contributed by atoms with Crippen LogP contribution in [0, 0.1) is 0 Å². The zero-order valence-corrected chi connectivity index (χ0v) is 9.60. The lowest BCUT2D eigenvalue weighted by atomic mass is 10.3. The van der Waals surface area contributed by atoms with E-state index in [1.807, 2.05) is 6.92 Å². The molecule has 0 spiro atoms. The summed E-state index contributed by atoms with van der Waals surface area (Å²) in [6.07, 6.45) is 1.23. The van der Waals surface area contributed by atoms with E-state index in [0.717, 1.165) is 19.5 Å². The summed E-state index contributed by atoms with van der Waals surface area (Å²) in [6.45, 7) is 4.37. The molecule has 0 saturated carbocycles. The predicted molar refractivity (Wildman–Crippen MR) is 60.1 cm³/mol. The number of hydrogen-bond acceptors (Lipinski definition) is 4. The van der Waals surface area contributed by atoms with Gasteiger partial charge < -0.3 is 10.5 Å². The van der Waals surface area contributed by atoms with Gasteiger partial charge in [-0.25, -0.2) is 0 Å². The number of esters is 1. The fourth-order valence-corrected chi connectivity index (χ4v) is 1.30. The molecule has 0 radical (unpaired) electrons. The van der Waals surface area contributed by atoms with Gasteiger partial charge in [0.2, 0.25) is 0 Å². The van der Waals surface area contributed by atoms with Gasteiger partial charge in [-0.05, 0) is 19.5 Å². The molecule has 0 bridgehead atoms. The van der Waals surface area contributed by atoms with Crippen molar-refractivity contribution in [3.63, 3.8) is 0 Å². The highest BCUT2D eigenvalue weighted by Gasteiger charge is 2.05. The molecule has 0 saturated heterocycles. The summed E-state index contributed by atoms with van der Waals surface area (Å²) in [5, 5.41) is 0. The number of likely N-dealkylation sites (N-methyl/N-ethyl adjacent to an activating group) is 1. The molecular weight excluding hydrogens is 200 g/mol. The molecule has 14 heavy (non-hydrogen) atoms. The standard InChI is InChI=1S/C9H18N2O2S/c1-3-11(7-8(10)14)6-4-5-9(12)13-2/h3-7H2,1-2H3,(H2,10,14). The van der Waals surface area contributed by atoms with Gasteiger partial charge in [0.15, 0.2) is 0 Å². The maximum Gasteiger partial charge on any atom is 0.305 e. The fraction of sp³-hybridized carbons (Fsp3) is 0.778. The van der Waals surface area contributed by atoms with Gasteiger partial charge >= 0.3 is 5.97 Å². The van der Waals surface area contributed by atoms with Crippen LogP contribution >= 0.6 is 12.2 Å². The average molecular weight is 218 g/mol. The van der Waals surface area contributed by atoms with Crippen molar-refractivity contribution in [1.29, 1.82) is 0 Å². The number of hydrogen-bond donors (Lipinski definition) is 1. The lowest BCUT2D eigenvalue weighted by molar-refractivity contribution is -0.140. The van der Waals surface area contributed by atoms with Gasteiger partial charge in [-0.1, -0.05) is 19.1 Å². The van der Waals surface area contributed by atoms with Crippen LogP contribution in [0.1, 0.15) is 19.8 Å². The van der Waals surface area contributed by atoms with Gasteiger partial charge in [0, 0.05) is 13.0 Å².